The Morgan fingerprint density at radius 3 is 3.00 bits per heavy atom. The Morgan fingerprint density at radius 2 is 2.23 bits per heavy atom. The maximum Gasteiger partial charge on any atom is 0.119 e. The topological polar surface area (TPSA) is 21.3 Å². The molecule has 0 amide bonds. The molecule has 2 rings (SSSR count). The molecule has 0 spiro atoms. The molecule has 13 heavy (non-hydrogen) atoms. The summed E-state index contributed by atoms with van der Waals surface area (Å²) in [6, 6.07) is 6.10. The van der Waals surface area contributed by atoms with Gasteiger partial charge in [-0.15, -0.1) is 0 Å². The van der Waals surface area contributed by atoms with Crippen molar-refractivity contribution in [2.45, 2.75) is 6.92 Å². The van der Waals surface area contributed by atoms with E-state index in [0.717, 1.165) is 12.3 Å². The second-order valence-corrected chi connectivity index (χ2v) is 3.18. The van der Waals surface area contributed by atoms with Crippen molar-refractivity contribution in [2.75, 3.05) is 19.0 Å². The van der Waals surface area contributed by atoms with E-state index >= 15 is 0 Å². The van der Waals surface area contributed by atoms with Gasteiger partial charge < -0.3 is 10.1 Å². The summed E-state index contributed by atoms with van der Waals surface area (Å²) in [5, 5.41) is 3.31. The molecule has 1 aliphatic heterocycles. The zero-order valence-corrected chi connectivity index (χ0v) is 7.92. The van der Waals surface area contributed by atoms with Gasteiger partial charge in [0.2, 0.25) is 0 Å². The maximum absolute atomic E-state index is 5.17. The van der Waals surface area contributed by atoms with Crippen LogP contribution in [0.3, 0.4) is 0 Å². The van der Waals surface area contributed by atoms with Crippen molar-refractivity contribution in [3.63, 3.8) is 0 Å². The Morgan fingerprint density at radius 1 is 1.38 bits per heavy atom. The number of benzene rings is 1. The molecule has 2 heteroatoms. The van der Waals surface area contributed by atoms with Crippen LogP contribution in [-0.2, 0) is 0 Å². The Balaban J connectivity index is 2.50. The van der Waals surface area contributed by atoms with Crippen LogP contribution in [0, 0.1) is 0 Å². The number of hydrogen-bond acceptors (Lipinski definition) is 2. The highest BCUT2D eigenvalue weighted by molar-refractivity contribution is 5.79. The number of fused-ring (bicyclic) bond motifs is 1. The van der Waals surface area contributed by atoms with Crippen molar-refractivity contribution in [1.29, 1.82) is 0 Å². The van der Waals surface area contributed by atoms with E-state index in [1.807, 2.05) is 6.07 Å². The van der Waals surface area contributed by atoms with Crippen LogP contribution in [-0.4, -0.2) is 13.7 Å². The van der Waals surface area contributed by atoms with Gasteiger partial charge in [0.05, 0.1) is 7.11 Å². The zero-order valence-electron chi connectivity index (χ0n) is 7.92. The van der Waals surface area contributed by atoms with E-state index in [-0.39, 0.29) is 0 Å². The normalized spacial score (nSPS) is 14.2. The van der Waals surface area contributed by atoms with Gasteiger partial charge in [-0.25, -0.2) is 0 Å². The average molecular weight is 175 g/mol. The van der Waals surface area contributed by atoms with Crippen molar-refractivity contribution < 1.29 is 4.74 Å². The van der Waals surface area contributed by atoms with Crippen molar-refractivity contribution in [1.82, 2.24) is 0 Å². The first-order valence-corrected chi connectivity index (χ1v) is 4.40. The van der Waals surface area contributed by atoms with Crippen LogP contribution < -0.4 is 10.1 Å². The summed E-state index contributed by atoms with van der Waals surface area (Å²) in [7, 11) is 1.69. The fourth-order valence-electron chi connectivity index (χ4n) is 1.55. The highest BCUT2D eigenvalue weighted by Gasteiger charge is 2.08. The van der Waals surface area contributed by atoms with E-state index in [2.05, 4.69) is 30.4 Å². The van der Waals surface area contributed by atoms with E-state index in [1.165, 1.54) is 16.8 Å². The van der Waals surface area contributed by atoms with Crippen LogP contribution in [0.1, 0.15) is 12.5 Å². The van der Waals surface area contributed by atoms with E-state index in [9.17, 15) is 0 Å². The SMILES string of the molecule is COc1ccc2c(c1)C(C)=CCN2. The van der Waals surface area contributed by atoms with E-state index in [4.69, 9.17) is 4.74 Å². The second kappa shape index (κ2) is 3.13. The van der Waals surface area contributed by atoms with Crippen LogP contribution in [0.5, 0.6) is 5.75 Å². The summed E-state index contributed by atoms with van der Waals surface area (Å²) in [5.41, 5.74) is 3.75. The third-order valence-electron chi connectivity index (χ3n) is 2.35. The average Bonchev–Trinajstić information content (AvgIpc) is 2.18. The minimum absolute atomic E-state index is 0.912. The molecule has 1 aromatic carbocycles. The van der Waals surface area contributed by atoms with Gasteiger partial charge in [-0.1, -0.05) is 6.08 Å². The molecule has 0 radical (unpaired) electrons. The van der Waals surface area contributed by atoms with Crippen molar-refractivity contribution in [2.24, 2.45) is 0 Å². The molecule has 1 aliphatic rings. The minimum atomic E-state index is 0.912. The zero-order chi connectivity index (χ0) is 9.26. The lowest BCUT2D eigenvalue weighted by Crippen LogP contribution is -2.06. The molecule has 0 bridgehead atoms. The largest absolute Gasteiger partial charge is 0.497 e. The molecule has 2 nitrogen and oxygen atoms in total. The summed E-state index contributed by atoms with van der Waals surface area (Å²) in [4.78, 5) is 0. The highest BCUT2D eigenvalue weighted by Crippen LogP contribution is 2.30. The van der Waals surface area contributed by atoms with E-state index in [0.29, 0.717) is 0 Å². The van der Waals surface area contributed by atoms with Gasteiger partial charge in [-0.05, 0) is 30.7 Å². The number of ether oxygens (including phenoxy) is 1. The quantitative estimate of drug-likeness (QED) is 0.708. The lowest BCUT2D eigenvalue weighted by Gasteiger charge is -2.17. The fourth-order valence-corrected chi connectivity index (χ4v) is 1.55. The molecule has 1 aromatic rings. The summed E-state index contributed by atoms with van der Waals surface area (Å²) < 4.78 is 5.17. The van der Waals surface area contributed by atoms with E-state index < -0.39 is 0 Å². The Hall–Kier alpha value is -1.44. The number of allylic oxidation sites excluding steroid dienone is 1. The molecule has 1 heterocycles. The first-order valence-electron chi connectivity index (χ1n) is 4.40. The first-order chi connectivity index (χ1) is 6.31. The molecule has 68 valence electrons. The lowest BCUT2D eigenvalue weighted by molar-refractivity contribution is 0.414. The van der Waals surface area contributed by atoms with Crippen molar-refractivity contribution in [3.8, 4) is 5.75 Å². The summed E-state index contributed by atoms with van der Waals surface area (Å²) in [6.07, 6.45) is 2.18. The Labute approximate surface area is 78.2 Å². The summed E-state index contributed by atoms with van der Waals surface area (Å²) >= 11 is 0. The van der Waals surface area contributed by atoms with Crippen LogP contribution in [0.4, 0.5) is 5.69 Å². The number of nitrogens with one attached hydrogen (secondary N) is 1. The fraction of sp³-hybridized carbons (Fsp3) is 0.273. The van der Waals surface area contributed by atoms with E-state index in [1.54, 1.807) is 7.11 Å². The molecule has 0 saturated carbocycles. The molecule has 0 unspecified atom stereocenters. The second-order valence-electron chi connectivity index (χ2n) is 3.18. The third-order valence-corrected chi connectivity index (χ3v) is 2.35. The van der Waals surface area contributed by atoms with Gasteiger partial charge in [0, 0.05) is 17.8 Å². The highest BCUT2D eigenvalue weighted by atomic mass is 16.5. The van der Waals surface area contributed by atoms with Crippen molar-refractivity contribution >= 4 is 11.3 Å². The number of hydrogen-bond donors (Lipinski definition) is 1. The molecule has 0 fully saturated rings. The summed E-state index contributed by atoms with van der Waals surface area (Å²) in [6.45, 7) is 3.05. The number of anilines is 1. The maximum atomic E-state index is 5.17. The Kier molecular flexibility index (Phi) is 1.97. The van der Waals surface area contributed by atoms with Crippen LogP contribution >= 0.6 is 0 Å². The standard InChI is InChI=1S/C11H13NO/c1-8-5-6-12-11-4-3-9(13-2)7-10(8)11/h3-5,7,12H,6H2,1-2H3. The Bertz CT molecular complexity index is 355. The third kappa shape index (κ3) is 1.39. The van der Waals surface area contributed by atoms with Gasteiger partial charge in [-0.3, -0.25) is 0 Å². The smallest absolute Gasteiger partial charge is 0.119 e. The van der Waals surface area contributed by atoms with Crippen LogP contribution in [0.25, 0.3) is 5.57 Å². The van der Waals surface area contributed by atoms with Gasteiger partial charge in [-0.2, -0.15) is 0 Å². The molecular formula is C11H13NO. The van der Waals surface area contributed by atoms with Crippen LogP contribution in [0.2, 0.25) is 0 Å². The van der Waals surface area contributed by atoms with Gasteiger partial charge in [0.1, 0.15) is 5.75 Å². The molecule has 1 N–H and O–H groups in total. The number of rotatable bonds is 1. The predicted molar refractivity (Wildman–Crippen MR) is 55.1 cm³/mol. The predicted octanol–water partition coefficient (Wildman–Crippen LogP) is 2.52. The summed E-state index contributed by atoms with van der Waals surface area (Å²) in [5.74, 6) is 0.912. The monoisotopic (exact) mass is 175 g/mol. The van der Waals surface area contributed by atoms with Gasteiger partial charge in [0.25, 0.3) is 0 Å². The van der Waals surface area contributed by atoms with Crippen LogP contribution in [0.15, 0.2) is 24.3 Å². The molecular weight excluding hydrogens is 162 g/mol. The van der Waals surface area contributed by atoms with Gasteiger partial charge in [0.15, 0.2) is 0 Å². The molecule has 0 aliphatic carbocycles. The first kappa shape index (κ1) is 8.17. The number of methoxy groups -OCH3 is 1. The molecule has 0 atom stereocenters. The minimum Gasteiger partial charge on any atom is -0.497 e. The van der Waals surface area contributed by atoms with Gasteiger partial charge >= 0.3 is 0 Å². The lowest BCUT2D eigenvalue weighted by atomic mass is 10.0. The van der Waals surface area contributed by atoms with Crippen molar-refractivity contribution in [3.05, 3.63) is 29.8 Å². The molecule has 0 aromatic heterocycles. The molecule has 0 saturated heterocycles.